The molecule has 1 heterocycles. The molecule has 0 bridgehead atoms. The molecule has 1 N–H and O–H groups in total. The zero-order chi connectivity index (χ0) is 17.8. The van der Waals surface area contributed by atoms with Crippen LogP contribution in [0.25, 0.3) is 0 Å². The molecule has 4 nitrogen and oxygen atoms in total. The summed E-state index contributed by atoms with van der Waals surface area (Å²) < 4.78 is 0. The number of aromatic nitrogens is 1. The molecule has 0 fully saturated rings. The number of aromatic hydroxyl groups is 1. The van der Waals surface area contributed by atoms with Crippen LogP contribution < -0.4 is 4.90 Å². The van der Waals surface area contributed by atoms with Gasteiger partial charge < -0.3 is 5.11 Å². The number of rotatable bonds is 4. The molecule has 25 heavy (non-hydrogen) atoms. The minimum atomic E-state index is -0.171. The van der Waals surface area contributed by atoms with Gasteiger partial charge in [-0.15, -0.1) is 0 Å². The Balaban J connectivity index is 2.02. The lowest BCUT2D eigenvalue weighted by Crippen LogP contribution is -2.31. The third-order valence-corrected chi connectivity index (χ3v) is 4.22. The zero-order valence-corrected chi connectivity index (χ0v) is 14.3. The Bertz CT molecular complexity index is 891. The van der Waals surface area contributed by atoms with E-state index < -0.39 is 0 Å². The lowest BCUT2D eigenvalue weighted by molar-refractivity contribution is 0.0984. The van der Waals surface area contributed by atoms with Crippen LogP contribution >= 0.6 is 0 Å². The van der Waals surface area contributed by atoms with Crippen LogP contribution in [0.1, 0.15) is 27.2 Å². The average Bonchev–Trinajstić information content (AvgIpc) is 2.63. The van der Waals surface area contributed by atoms with Gasteiger partial charge in [0, 0.05) is 11.8 Å². The third kappa shape index (κ3) is 3.69. The standard InChI is InChI=1S/C21H20N2O2/c1-15-10-11-17(13-16(15)2)21(25)23(14-18-7-5-6-12-22-18)19-8-3-4-9-20(19)24/h3-13,24H,14H2,1-2H3. The van der Waals surface area contributed by atoms with Crippen molar-refractivity contribution in [3.8, 4) is 5.75 Å². The predicted octanol–water partition coefficient (Wildman–Crippen LogP) is 4.25. The number of phenolic OH excluding ortho intramolecular Hbond substituents is 1. The Hall–Kier alpha value is -3.14. The number of aryl methyl sites for hydroxylation is 2. The van der Waals surface area contributed by atoms with Crippen molar-refractivity contribution >= 4 is 11.6 Å². The molecule has 0 aliphatic heterocycles. The quantitative estimate of drug-likeness (QED) is 0.777. The molecule has 1 amide bonds. The van der Waals surface area contributed by atoms with Crippen LogP contribution in [-0.4, -0.2) is 16.0 Å². The molecule has 4 heteroatoms. The largest absolute Gasteiger partial charge is 0.506 e. The summed E-state index contributed by atoms with van der Waals surface area (Å²) in [7, 11) is 0. The van der Waals surface area contributed by atoms with Crippen LogP contribution in [0, 0.1) is 13.8 Å². The fourth-order valence-corrected chi connectivity index (χ4v) is 2.64. The van der Waals surface area contributed by atoms with E-state index in [0.29, 0.717) is 11.3 Å². The van der Waals surface area contributed by atoms with Gasteiger partial charge >= 0.3 is 0 Å². The van der Waals surface area contributed by atoms with Gasteiger partial charge in [-0.2, -0.15) is 0 Å². The summed E-state index contributed by atoms with van der Waals surface area (Å²) in [6, 6.07) is 18.1. The van der Waals surface area contributed by atoms with Crippen molar-refractivity contribution in [1.29, 1.82) is 0 Å². The first-order chi connectivity index (χ1) is 12.1. The maximum atomic E-state index is 13.2. The monoisotopic (exact) mass is 332 g/mol. The van der Waals surface area contributed by atoms with Gasteiger partial charge in [0.2, 0.25) is 0 Å². The van der Waals surface area contributed by atoms with Gasteiger partial charge in [0.25, 0.3) is 5.91 Å². The summed E-state index contributed by atoms with van der Waals surface area (Å²) in [4.78, 5) is 19.0. The second-order valence-electron chi connectivity index (χ2n) is 6.00. The lowest BCUT2D eigenvalue weighted by atomic mass is 10.0. The van der Waals surface area contributed by atoms with Crippen LogP contribution in [0.4, 0.5) is 5.69 Å². The van der Waals surface area contributed by atoms with E-state index in [2.05, 4.69) is 4.98 Å². The second kappa shape index (κ2) is 7.18. The van der Waals surface area contributed by atoms with Gasteiger partial charge in [-0.25, -0.2) is 0 Å². The number of para-hydroxylation sites is 2. The van der Waals surface area contributed by atoms with Crippen molar-refractivity contribution in [2.24, 2.45) is 0 Å². The van der Waals surface area contributed by atoms with Gasteiger partial charge in [0.15, 0.2) is 0 Å². The molecule has 0 spiro atoms. The first kappa shape index (κ1) is 16.7. The Kier molecular flexibility index (Phi) is 4.80. The van der Waals surface area contributed by atoms with Crippen molar-refractivity contribution in [2.75, 3.05) is 4.90 Å². The Morgan fingerprint density at radius 3 is 2.44 bits per heavy atom. The number of nitrogens with zero attached hydrogens (tertiary/aromatic N) is 2. The first-order valence-electron chi connectivity index (χ1n) is 8.13. The maximum absolute atomic E-state index is 13.2. The second-order valence-corrected chi connectivity index (χ2v) is 6.00. The maximum Gasteiger partial charge on any atom is 0.258 e. The van der Waals surface area contributed by atoms with Crippen LogP contribution in [0.3, 0.4) is 0 Å². The minimum Gasteiger partial charge on any atom is -0.506 e. The Morgan fingerprint density at radius 2 is 1.76 bits per heavy atom. The van der Waals surface area contributed by atoms with E-state index in [0.717, 1.165) is 16.8 Å². The number of carbonyl (C=O) groups excluding carboxylic acids is 1. The van der Waals surface area contributed by atoms with E-state index in [1.807, 2.05) is 50.2 Å². The number of pyridine rings is 1. The number of amides is 1. The molecular formula is C21H20N2O2. The lowest BCUT2D eigenvalue weighted by Gasteiger charge is -2.24. The summed E-state index contributed by atoms with van der Waals surface area (Å²) in [6.45, 7) is 4.28. The van der Waals surface area contributed by atoms with Gasteiger partial charge in [0.1, 0.15) is 5.75 Å². The van der Waals surface area contributed by atoms with Gasteiger partial charge in [-0.3, -0.25) is 14.7 Å². The molecule has 0 saturated carbocycles. The van der Waals surface area contributed by atoms with Crippen molar-refractivity contribution in [1.82, 2.24) is 4.98 Å². The number of benzene rings is 2. The van der Waals surface area contributed by atoms with E-state index in [4.69, 9.17) is 0 Å². The molecule has 0 aliphatic carbocycles. The minimum absolute atomic E-state index is 0.0654. The molecule has 3 rings (SSSR count). The third-order valence-electron chi connectivity index (χ3n) is 4.22. The average molecular weight is 332 g/mol. The number of hydrogen-bond acceptors (Lipinski definition) is 3. The number of phenols is 1. The molecule has 2 aromatic carbocycles. The van der Waals surface area contributed by atoms with Gasteiger partial charge in [-0.05, 0) is 61.4 Å². The predicted molar refractivity (Wildman–Crippen MR) is 98.8 cm³/mol. The van der Waals surface area contributed by atoms with Gasteiger partial charge in [-0.1, -0.05) is 24.3 Å². The highest BCUT2D eigenvalue weighted by Crippen LogP contribution is 2.29. The number of anilines is 1. The Morgan fingerprint density at radius 1 is 1.00 bits per heavy atom. The summed E-state index contributed by atoms with van der Waals surface area (Å²) in [6.07, 6.45) is 1.69. The van der Waals surface area contributed by atoms with Crippen molar-refractivity contribution < 1.29 is 9.90 Å². The van der Waals surface area contributed by atoms with Crippen molar-refractivity contribution in [3.63, 3.8) is 0 Å². The van der Waals surface area contributed by atoms with Crippen LogP contribution in [-0.2, 0) is 6.54 Å². The van der Waals surface area contributed by atoms with Gasteiger partial charge in [0.05, 0.1) is 17.9 Å². The molecule has 3 aromatic rings. The summed E-state index contributed by atoms with van der Waals surface area (Å²) in [5.41, 5.74) is 4.00. The number of carbonyl (C=O) groups is 1. The summed E-state index contributed by atoms with van der Waals surface area (Å²) in [5, 5.41) is 10.2. The van der Waals surface area contributed by atoms with E-state index in [9.17, 15) is 9.90 Å². The molecule has 0 aliphatic rings. The molecular weight excluding hydrogens is 312 g/mol. The molecule has 0 saturated heterocycles. The smallest absolute Gasteiger partial charge is 0.258 e. The van der Waals surface area contributed by atoms with Crippen molar-refractivity contribution in [2.45, 2.75) is 20.4 Å². The normalized spacial score (nSPS) is 10.5. The zero-order valence-electron chi connectivity index (χ0n) is 14.3. The molecule has 0 atom stereocenters. The van der Waals surface area contributed by atoms with E-state index in [-0.39, 0.29) is 18.2 Å². The topological polar surface area (TPSA) is 53.4 Å². The van der Waals surface area contributed by atoms with E-state index in [1.54, 1.807) is 35.4 Å². The van der Waals surface area contributed by atoms with Crippen LogP contribution in [0.5, 0.6) is 5.75 Å². The Labute approximate surface area is 147 Å². The molecule has 126 valence electrons. The highest BCUT2D eigenvalue weighted by molar-refractivity contribution is 6.06. The van der Waals surface area contributed by atoms with E-state index >= 15 is 0 Å². The SMILES string of the molecule is Cc1ccc(C(=O)N(Cc2ccccn2)c2ccccc2O)cc1C. The highest BCUT2D eigenvalue weighted by atomic mass is 16.3. The highest BCUT2D eigenvalue weighted by Gasteiger charge is 2.21. The fraction of sp³-hybridized carbons (Fsp3) is 0.143. The number of hydrogen-bond donors (Lipinski definition) is 1. The molecule has 0 radical (unpaired) electrons. The van der Waals surface area contributed by atoms with E-state index in [1.165, 1.54) is 0 Å². The summed E-state index contributed by atoms with van der Waals surface area (Å²) >= 11 is 0. The summed E-state index contributed by atoms with van der Waals surface area (Å²) in [5.74, 6) is -0.106. The molecule has 1 aromatic heterocycles. The fourth-order valence-electron chi connectivity index (χ4n) is 2.64. The van der Waals surface area contributed by atoms with Crippen LogP contribution in [0.15, 0.2) is 66.9 Å². The molecule has 0 unspecified atom stereocenters. The van der Waals surface area contributed by atoms with Crippen molar-refractivity contribution in [3.05, 3.63) is 89.2 Å². The van der Waals surface area contributed by atoms with Crippen LogP contribution in [0.2, 0.25) is 0 Å². The first-order valence-corrected chi connectivity index (χ1v) is 8.13.